The molecule has 4 aliphatic heterocycles. The van der Waals surface area contributed by atoms with E-state index in [-0.39, 0.29) is 11.4 Å². The quantitative estimate of drug-likeness (QED) is 0.251. The van der Waals surface area contributed by atoms with Gasteiger partial charge in [-0.3, -0.25) is 20.0 Å². The van der Waals surface area contributed by atoms with Gasteiger partial charge in [-0.15, -0.1) is 0 Å². The van der Waals surface area contributed by atoms with Crippen LogP contribution in [-0.4, -0.2) is 97.2 Å². The summed E-state index contributed by atoms with van der Waals surface area (Å²) in [6.07, 6.45) is 10.8. The summed E-state index contributed by atoms with van der Waals surface area (Å²) in [6, 6.07) is 15.8. The standard InChI is InChI=1S/C35H48N6O3/c36-32-11-6-25(34(42)38-23-35(12-2-1-3-13-35)40-14-16-43-17-15-40)18-31(32)33(37)24-4-7-26(8-5-24)39-27-19-28-9-10-29(20-27)41(28)30-21-44-22-30/h4-8,11,18,27-30,37,39H,1-3,9-10,12-17,19-23,36H2,(H,38,42). The first-order chi connectivity index (χ1) is 21.5. The van der Waals surface area contributed by atoms with Gasteiger partial charge in [0, 0.05) is 71.4 Å². The van der Waals surface area contributed by atoms with Gasteiger partial charge in [-0.1, -0.05) is 31.4 Å². The smallest absolute Gasteiger partial charge is 0.251 e. The van der Waals surface area contributed by atoms with Gasteiger partial charge in [0.25, 0.3) is 5.91 Å². The Bertz CT molecular complexity index is 1320. The summed E-state index contributed by atoms with van der Waals surface area (Å²) >= 11 is 0. The van der Waals surface area contributed by atoms with Crippen molar-refractivity contribution in [3.63, 3.8) is 0 Å². The summed E-state index contributed by atoms with van der Waals surface area (Å²) in [7, 11) is 0. The highest BCUT2D eigenvalue weighted by Crippen LogP contribution is 2.40. The molecule has 2 aromatic carbocycles. The highest BCUT2D eigenvalue weighted by molar-refractivity contribution is 6.15. The van der Waals surface area contributed by atoms with Crippen LogP contribution >= 0.6 is 0 Å². The second-order valence-corrected chi connectivity index (χ2v) is 13.7. The molecule has 0 radical (unpaired) electrons. The number of ether oxygens (including phenoxy) is 2. The Labute approximate surface area is 261 Å². The lowest BCUT2D eigenvalue weighted by molar-refractivity contribution is -0.0917. The minimum atomic E-state index is -0.110. The predicted octanol–water partition coefficient (Wildman–Crippen LogP) is 4.26. The maximum Gasteiger partial charge on any atom is 0.251 e. The maximum atomic E-state index is 13.4. The third-order valence-electron chi connectivity index (χ3n) is 11.0. The van der Waals surface area contributed by atoms with Crippen molar-refractivity contribution in [3.8, 4) is 0 Å². The number of nitrogens with zero attached hydrogens (tertiary/aromatic N) is 2. The van der Waals surface area contributed by atoms with Gasteiger partial charge in [-0.2, -0.15) is 0 Å². The van der Waals surface area contributed by atoms with Gasteiger partial charge in [-0.05, 0) is 68.9 Å². The SMILES string of the molecule is N=C(c1ccc(NC2CC3CCC(C2)N3C2COC2)cc1)c1cc(C(=O)NCC2(N3CCOCC3)CCCCC2)ccc1N. The van der Waals surface area contributed by atoms with E-state index in [1.807, 2.05) is 12.1 Å². The molecular weight excluding hydrogens is 552 g/mol. The number of carbonyl (C=O) groups excluding carboxylic acids is 1. The third-order valence-corrected chi connectivity index (χ3v) is 11.0. The number of morpholine rings is 1. The number of anilines is 2. The molecule has 7 rings (SSSR count). The van der Waals surface area contributed by atoms with Gasteiger partial charge in [0.2, 0.25) is 0 Å². The Morgan fingerprint density at radius 3 is 2.25 bits per heavy atom. The van der Waals surface area contributed by atoms with Crippen molar-refractivity contribution in [2.45, 2.75) is 87.5 Å². The van der Waals surface area contributed by atoms with Gasteiger partial charge in [0.15, 0.2) is 0 Å². The minimum Gasteiger partial charge on any atom is -0.398 e. The highest BCUT2D eigenvalue weighted by atomic mass is 16.5. The van der Waals surface area contributed by atoms with E-state index in [0.29, 0.717) is 53.2 Å². The van der Waals surface area contributed by atoms with Gasteiger partial charge in [0.05, 0.1) is 38.2 Å². The second kappa shape index (κ2) is 12.8. The average molecular weight is 601 g/mol. The Kier molecular flexibility index (Phi) is 8.64. The molecule has 2 unspecified atom stereocenters. The van der Waals surface area contributed by atoms with Crippen LogP contribution in [0.1, 0.15) is 79.3 Å². The molecule has 5 aliphatic rings. The fraction of sp³-hybridized carbons (Fsp3) is 0.600. The lowest BCUT2D eigenvalue weighted by Gasteiger charge is -2.48. The number of rotatable bonds is 9. The first-order valence-corrected chi connectivity index (χ1v) is 16.8. The van der Waals surface area contributed by atoms with E-state index in [4.69, 9.17) is 20.6 Å². The van der Waals surface area contributed by atoms with Crippen LogP contribution < -0.4 is 16.4 Å². The molecule has 236 valence electrons. The largest absolute Gasteiger partial charge is 0.398 e. The minimum absolute atomic E-state index is 0.00105. The molecule has 0 spiro atoms. The third kappa shape index (κ3) is 5.99. The molecular formula is C35H48N6O3. The van der Waals surface area contributed by atoms with Crippen LogP contribution in [-0.2, 0) is 9.47 Å². The summed E-state index contributed by atoms with van der Waals surface area (Å²) in [5, 5.41) is 16.0. The van der Waals surface area contributed by atoms with Gasteiger partial charge in [-0.25, -0.2) is 0 Å². The molecule has 9 heteroatoms. The zero-order valence-electron chi connectivity index (χ0n) is 25.9. The van der Waals surface area contributed by atoms with Crippen LogP contribution in [0.15, 0.2) is 42.5 Å². The Hall–Kier alpha value is -2.98. The van der Waals surface area contributed by atoms with Crippen LogP contribution in [0.5, 0.6) is 0 Å². The van der Waals surface area contributed by atoms with Crippen LogP contribution in [0.4, 0.5) is 11.4 Å². The summed E-state index contributed by atoms with van der Waals surface area (Å²) in [5.41, 5.74) is 10.2. The van der Waals surface area contributed by atoms with Gasteiger partial charge < -0.3 is 25.8 Å². The molecule has 1 amide bonds. The Morgan fingerprint density at radius 1 is 0.909 bits per heavy atom. The average Bonchev–Trinajstić information content (AvgIpc) is 3.27. The van der Waals surface area contributed by atoms with Gasteiger partial charge >= 0.3 is 0 Å². The molecule has 2 atom stereocenters. The van der Waals surface area contributed by atoms with E-state index in [1.54, 1.807) is 18.2 Å². The van der Waals surface area contributed by atoms with Crippen molar-refractivity contribution in [1.29, 1.82) is 5.41 Å². The van der Waals surface area contributed by atoms with E-state index >= 15 is 0 Å². The molecule has 44 heavy (non-hydrogen) atoms. The van der Waals surface area contributed by atoms with E-state index in [9.17, 15) is 4.79 Å². The molecule has 9 nitrogen and oxygen atoms in total. The summed E-state index contributed by atoms with van der Waals surface area (Å²) in [6.45, 7) is 5.78. The molecule has 4 saturated heterocycles. The number of carbonyl (C=O) groups is 1. The first kappa shape index (κ1) is 29.7. The molecule has 0 aromatic heterocycles. The van der Waals surface area contributed by atoms with Gasteiger partial charge in [0.1, 0.15) is 0 Å². The van der Waals surface area contributed by atoms with E-state index in [0.717, 1.165) is 63.6 Å². The van der Waals surface area contributed by atoms with E-state index in [2.05, 4.69) is 32.6 Å². The number of nitrogens with one attached hydrogen (secondary N) is 3. The van der Waals surface area contributed by atoms with Crippen LogP contribution in [0.25, 0.3) is 0 Å². The maximum absolute atomic E-state index is 13.4. The number of nitrogen functional groups attached to an aromatic ring is 1. The fourth-order valence-corrected chi connectivity index (χ4v) is 8.56. The number of amides is 1. The number of nitrogens with two attached hydrogens (primary N) is 1. The van der Waals surface area contributed by atoms with Crippen molar-refractivity contribution in [3.05, 3.63) is 59.2 Å². The summed E-state index contributed by atoms with van der Waals surface area (Å²) < 4.78 is 11.1. The van der Waals surface area contributed by atoms with Crippen molar-refractivity contribution in [2.24, 2.45) is 0 Å². The Balaban J connectivity index is 0.982. The number of piperidine rings is 1. The van der Waals surface area contributed by atoms with E-state index in [1.165, 1.54) is 44.9 Å². The zero-order chi connectivity index (χ0) is 30.1. The molecule has 2 aromatic rings. The second-order valence-electron chi connectivity index (χ2n) is 13.7. The molecule has 1 saturated carbocycles. The fourth-order valence-electron chi connectivity index (χ4n) is 8.56. The molecule has 5 N–H and O–H groups in total. The summed E-state index contributed by atoms with van der Waals surface area (Å²) in [5.74, 6) is -0.110. The van der Waals surface area contributed by atoms with Crippen molar-refractivity contribution < 1.29 is 14.3 Å². The lowest BCUT2D eigenvalue weighted by atomic mass is 9.79. The predicted molar refractivity (Wildman–Crippen MR) is 174 cm³/mol. The van der Waals surface area contributed by atoms with Crippen molar-refractivity contribution in [2.75, 3.05) is 57.1 Å². The molecule has 1 aliphatic carbocycles. The van der Waals surface area contributed by atoms with Crippen LogP contribution in [0, 0.1) is 5.41 Å². The number of fused-ring (bicyclic) bond motifs is 2. The molecule has 2 bridgehead atoms. The highest BCUT2D eigenvalue weighted by Gasteiger charge is 2.45. The van der Waals surface area contributed by atoms with Crippen molar-refractivity contribution >= 4 is 23.0 Å². The monoisotopic (exact) mass is 600 g/mol. The number of hydrogen-bond donors (Lipinski definition) is 4. The number of hydrogen-bond acceptors (Lipinski definition) is 8. The summed E-state index contributed by atoms with van der Waals surface area (Å²) in [4.78, 5) is 18.7. The number of benzene rings is 2. The lowest BCUT2D eigenvalue weighted by Crippen LogP contribution is -2.59. The first-order valence-electron chi connectivity index (χ1n) is 16.8. The van der Waals surface area contributed by atoms with E-state index < -0.39 is 0 Å². The van der Waals surface area contributed by atoms with Crippen LogP contribution in [0.3, 0.4) is 0 Å². The molecule has 5 fully saturated rings. The topological polar surface area (TPSA) is 116 Å². The van der Waals surface area contributed by atoms with Crippen molar-refractivity contribution in [1.82, 2.24) is 15.1 Å². The molecule has 4 heterocycles. The Morgan fingerprint density at radius 2 is 1.59 bits per heavy atom. The zero-order valence-corrected chi connectivity index (χ0v) is 25.9. The normalized spacial score (nSPS) is 27.4. The van der Waals surface area contributed by atoms with Crippen LogP contribution in [0.2, 0.25) is 0 Å².